The first-order valence-electron chi connectivity index (χ1n) is 9.19. The van der Waals surface area contributed by atoms with Gasteiger partial charge in [0.1, 0.15) is 0 Å². The quantitative estimate of drug-likeness (QED) is 0.673. The molecule has 1 atom stereocenters. The van der Waals surface area contributed by atoms with Crippen molar-refractivity contribution in [3.63, 3.8) is 0 Å². The summed E-state index contributed by atoms with van der Waals surface area (Å²) in [6.45, 7) is 12.5. The molecule has 0 spiro atoms. The van der Waals surface area contributed by atoms with Gasteiger partial charge in [-0.25, -0.2) is 0 Å². The van der Waals surface area contributed by atoms with Gasteiger partial charge >= 0.3 is 0 Å². The van der Waals surface area contributed by atoms with E-state index >= 15 is 0 Å². The average Bonchev–Trinajstić information content (AvgIpc) is 2.96. The zero-order valence-corrected chi connectivity index (χ0v) is 16.6. The van der Waals surface area contributed by atoms with Crippen molar-refractivity contribution in [1.82, 2.24) is 20.1 Å². The van der Waals surface area contributed by atoms with Gasteiger partial charge in [0.15, 0.2) is 5.16 Å². The Morgan fingerprint density at radius 3 is 2.64 bits per heavy atom. The van der Waals surface area contributed by atoms with E-state index in [0.717, 1.165) is 56.8 Å². The van der Waals surface area contributed by atoms with Gasteiger partial charge < -0.3 is 15.0 Å². The molecular weight excluding hydrogens is 338 g/mol. The summed E-state index contributed by atoms with van der Waals surface area (Å²) in [6, 6.07) is 0.218. The normalized spacial score (nSPS) is 16.3. The van der Waals surface area contributed by atoms with Crippen LogP contribution in [-0.2, 0) is 16.1 Å². The van der Waals surface area contributed by atoms with E-state index in [0.29, 0.717) is 11.7 Å². The number of thioether (sulfide) groups is 1. The molecule has 25 heavy (non-hydrogen) atoms. The summed E-state index contributed by atoms with van der Waals surface area (Å²) < 4.78 is 7.57. The van der Waals surface area contributed by atoms with Crippen LogP contribution in [0.3, 0.4) is 0 Å². The highest BCUT2D eigenvalue weighted by Gasteiger charge is 2.21. The summed E-state index contributed by atoms with van der Waals surface area (Å²) in [5.41, 5.74) is 0. The molecule has 1 saturated heterocycles. The number of aromatic nitrogens is 3. The first kappa shape index (κ1) is 20.0. The minimum atomic E-state index is 0.0537. The molecule has 0 bridgehead atoms. The molecule has 1 aromatic heterocycles. The maximum absolute atomic E-state index is 12.1. The highest BCUT2D eigenvalue weighted by atomic mass is 32.2. The van der Waals surface area contributed by atoms with Crippen LogP contribution in [0.5, 0.6) is 0 Å². The molecule has 0 saturated carbocycles. The first-order valence-corrected chi connectivity index (χ1v) is 10.2. The van der Waals surface area contributed by atoms with Crippen LogP contribution >= 0.6 is 11.8 Å². The number of ether oxygens (including phenoxy) is 1. The van der Waals surface area contributed by atoms with Gasteiger partial charge in [-0.15, -0.1) is 10.2 Å². The van der Waals surface area contributed by atoms with E-state index in [4.69, 9.17) is 4.74 Å². The van der Waals surface area contributed by atoms with Gasteiger partial charge in [0.05, 0.1) is 19.0 Å². The van der Waals surface area contributed by atoms with Crippen molar-refractivity contribution in [3.8, 4) is 0 Å². The second-order valence-electron chi connectivity index (χ2n) is 6.93. The number of hydrogen-bond donors (Lipinski definition) is 1. The maximum Gasteiger partial charge on any atom is 0.230 e. The van der Waals surface area contributed by atoms with Crippen LogP contribution in [0.25, 0.3) is 0 Å². The first-order chi connectivity index (χ1) is 12.0. The van der Waals surface area contributed by atoms with Crippen LogP contribution in [0.15, 0.2) is 5.16 Å². The summed E-state index contributed by atoms with van der Waals surface area (Å²) in [7, 11) is 0. The fourth-order valence-electron chi connectivity index (χ4n) is 2.86. The number of nitrogens with one attached hydrogen (secondary N) is 1. The van der Waals surface area contributed by atoms with E-state index < -0.39 is 0 Å². The van der Waals surface area contributed by atoms with E-state index in [1.165, 1.54) is 11.8 Å². The van der Waals surface area contributed by atoms with Gasteiger partial charge in [0, 0.05) is 25.7 Å². The second kappa shape index (κ2) is 10.0. The summed E-state index contributed by atoms with van der Waals surface area (Å²) in [4.78, 5) is 14.3. The molecular formula is C17H31N5O2S. The lowest BCUT2D eigenvalue weighted by Crippen LogP contribution is -2.38. The van der Waals surface area contributed by atoms with Gasteiger partial charge in [-0.3, -0.25) is 9.36 Å². The van der Waals surface area contributed by atoms with Crippen molar-refractivity contribution in [2.45, 2.75) is 58.3 Å². The topological polar surface area (TPSA) is 72.3 Å². The van der Waals surface area contributed by atoms with Crippen LogP contribution in [0.4, 0.5) is 5.95 Å². The van der Waals surface area contributed by atoms with Crippen LogP contribution in [0, 0.1) is 5.92 Å². The van der Waals surface area contributed by atoms with Crippen molar-refractivity contribution in [3.05, 3.63) is 0 Å². The lowest BCUT2D eigenvalue weighted by atomic mass is 10.2. The summed E-state index contributed by atoms with van der Waals surface area (Å²) in [6.07, 6.45) is 2.07. The van der Waals surface area contributed by atoms with Crippen molar-refractivity contribution < 1.29 is 9.53 Å². The molecule has 1 aliphatic heterocycles. The van der Waals surface area contributed by atoms with Crippen molar-refractivity contribution in [2.75, 3.05) is 37.0 Å². The monoisotopic (exact) mass is 369 g/mol. The smallest absolute Gasteiger partial charge is 0.230 e. The zero-order valence-electron chi connectivity index (χ0n) is 15.8. The van der Waals surface area contributed by atoms with Gasteiger partial charge in [-0.1, -0.05) is 39.0 Å². The molecule has 142 valence electrons. The van der Waals surface area contributed by atoms with E-state index in [9.17, 15) is 4.79 Å². The molecule has 8 heteroatoms. The van der Waals surface area contributed by atoms with Crippen molar-refractivity contribution in [1.29, 1.82) is 0 Å². The average molecular weight is 370 g/mol. The Kier molecular flexibility index (Phi) is 8.02. The van der Waals surface area contributed by atoms with Crippen molar-refractivity contribution >= 4 is 23.6 Å². The maximum atomic E-state index is 12.1. The van der Waals surface area contributed by atoms with Crippen LogP contribution in [-0.4, -0.2) is 58.8 Å². The highest BCUT2D eigenvalue weighted by molar-refractivity contribution is 7.99. The number of anilines is 1. The third-order valence-electron chi connectivity index (χ3n) is 4.00. The molecule has 1 aromatic rings. The van der Waals surface area contributed by atoms with E-state index in [2.05, 4.69) is 45.8 Å². The highest BCUT2D eigenvalue weighted by Crippen LogP contribution is 2.24. The Morgan fingerprint density at radius 1 is 1.28 bits per heavy atom. The lowest BCUT2D eigenvalue weighted by Gasteiger charge is -2.28. The van der Waals surface area contributed by atoms with E-state index in [1.807, 2.05) is 6.92 Å². The minimum Gasteiger partial charge on any atom is -0.378 e. The second-order valence-corrected chi connectivity index (χ2v) is 7.87. The summed E-state index contributed by atoms with van der Waals surface area (Å²) in [5, 5.41) is 12.6. The molecule has 1 fully saturated rings. The Bertz CT molecular complexity index is 543. The third kappa shape index (κ3) is 6.18. The zero-order chi connectivity index (χ0) is 18.2. The van der Waals surface area contributed by atoms with E-state index in [-0.39, 0.29) is 11.9 Å². The molecule has 0 unspecified atom stereocenters. The van der Waals surface area contributed by atoms with Gasteiger partial charge in [-0.05, 0) is 19.3 Å². The standard InChI is InChI=1S/C17H31N5O2S/c1-5-6-14(4)18-15(23)12-25-17-20-19-16(22(17)11-13(2)3)21-7-9-24-10-8-21/h13-14H,5-12H2,1-4H3,(H,18,23)/t14-/m0/s1. The largest absolute Gasteiger partial charge is 0.378 e. The minimum absolute atomic E-state index is 0.0537. The van der Waals surface area contributed by atoms with Crippen LogP contribution < -0.4 is 10.2 Å². The molecule has 0 radical (unpaired) electrons. The van der Waals surface area contributed by atoms with Crippen LogP contribution in [0.1, 0.15) is 40.5 Å². The van der Waals surface area contributed by atoms with Crippen LogP contribution in [0.2, 0.25) is 0 Å². The lowest BCUT2D eigenvalue weighted by molar-refractivity contribution is -0.119. The fraction of sp³-hybridized carbons (Fsp3) is 0.824. The molecule has 1 N–H and O–H groups in total. The molecule has 7 nitrogen and oxygen atoms in total. The summed E-state index contributed by atoms with van der Waals surface area (Å²) in [5.74, 6) is 1.79. The number of rotatable bonds is 9. The number of hydrogen-bond acceptors (Lipinski definition) is 6. The molecule has 0 aromatic carbocycles. The number of morpholine rings is 1. The SMILES string of the molecule is CCC[C@H](C)NC(=O)CSc1nnc(N2CCOCC2)n1CC(C)C. The molecule has 2 rings (SSSR count). The number of nitrogens with zero attached hydrogens (tertiary/aromatic N) is 4. The molecule has 2 heterocycles. The molecule has 1 aliphatic rings. The Labute approximate surface area is 154 Å². The van der Waals surface area contributed by atoms with Gasteiger partial charge in [-0.2, -0.15) is 0 Å². The van der Waals surface area contributed by atoms with Gasteiger partial charge in [0.2, 0.25) is 11.9 Å². The molecule has 0 aliphatic carbocycles. The predicted molar refractivity (Wildman–Crippen MR) is 101 cm³/mol. The number of carbonyl (C=O) groups is 1. The Hall–Kier alpha value is -1.28. The predicted octanol–water partition coefficient (Wildman–Crippen LogP) is 2.17. The molecule has 1 amide bonds. The fourth-order valence-corrected chi connectivity index (χ4v) is 3.62. The number of carbonyl (C=O) groups excluding carboxylic acids is 1. The Balaban J connectivity index is 2.01. The Morgan fingerprint density at radius 2 is 2.00 bits per heavy atom. The summed E-state index contributed by atoms with van der Waals surface area (Å²) >= 11 is 1.46. The van der Waals surface area contributed by atoms with E-state index in [1.54, 1.807) is 0 Å². The number of amides is 1. The van der Waals surface area contributed by atoms with Gasteiger partial charge in [0.25, 0.3) is 0 Å². The third-order valence-corrected chi connectivity index (χ3v) is 4.97. The van der Waals surface area contributed by atoms with Crippen molar-refractivity contribution in [2.24, 2.45) is 5.92 Å².